The van der Waals surface area contributed by atoms with Crippen molar-refractivity contribution in [3.8, 4) is 11.5 Å². The second-order valence-corrected chi connectivity index (χ2v) is 9.29. The molecule has 5 rings (SSSR count). The topological polar surface area (TPSA) is 76.1 Å². The number of aliphatic hydroxyl groups is 1. The van der Waals surface area contributed by atoms with E-state index in [0.29, 0.717) is 23.5 Å². The molecule has 2 aliphatic rings. The van der Waals surface area contributed by atoms with Crippen molar-refractivity contribution in [2.24, 2.45) is 0 Å². The van der Waals surface area contributed by atoms with Gasteiger partial charge in [0.2, 0.25) is 0 Å². The van der Waals surface area contributed by atoms with Crippen LogP contribution in [0.4, 0.5) is 0 Å². The fourth-order valence-corrected chi connectivity index (χ4v) is 4.89. The van der Waals surface area contributed by atoms with Gasteiger partial charge in [0.1, 0.15) is 23.4 Å². The average Bonchev–Trinajstić information content (AvgIpc) is 3.39. The third-order valence-electron chi connectivity index (χ3n) is 6.55. The van der Waals surface area contributed by atoms with Crippen LogP contribution >= 0.6 is 0 Å². The van der Waals surface area contributed by atoms with Gasteiger partial charge in [0, 0.05) is 18.5 Å². The number of carbonyl (C=O) groups is 2. The largest absolute Gasteiger partial charge is 0.507 e. The number of aliphatic hydroxyl groups excluding tert-OH is 1. The number of nitrogens with zero attached hydrogens (tertiary/aromatic N) is 1. The summed E-state index contributed by atoms with van der Waals surface area (Å²) in [6, 6.07) is 21.6. The monoisotopic (exact) mass is 483 g/mol. The van der Waals surface area contributed by atoms with Crippen LogP contribution < -0.4 is 9.47 Å². The molecule has 3 aromatic carbocycles. The molecule has 0 saturated carbocycles. The Kier molecular flexibility index (Phi) is 6.51. The van der Waals surface area contributed by atoms with Crippen molar-refractivity contribution in [2.45, 2.75) is 45.4 Å². The summed E-state index contributed by atoms with van der Waals surface area (Å²) >= 11 is 0. The van der Waals surface area contributed by atoms with E-state index in [2.05, 4.69) is 0 Å². The molecule has 184 valence electrons. The van der Waals surface area contributed by atoms with Crippen molar-refractivity contribution in [1.29, 1.82) is 0 Å². The van der Waals surface area contributed by atoms with Crippen molar-refractivity contribution >= 4 is 17.4 Å². The van der Waals surface area contributed by atoms with E-state index >= 15 is 0 Å². The molecule has 36 heavy (non-hydrogen) atoms. The Morgan fingerprint density at radius 1 is 1.06 bits per heavy atom. The van der Waals surface area contributed by atoms with Gasteiger partial charge in [-0.15, -0.1) is 0 Å². The summed E-state index contributed by atoms with van der Waals surface area (Å²) in [5.41, 5.74) is 3.14. The molecule has 0 unspecified atom stereocenters. The Morgan fingerprint density at radius 3 is 2.64 bits per heavy atom. The SMILES string of the molecule is CCCOc1cccc([C@@H]2C(=C(O)c3ccc4c(c3)C[C@@H](C)O4)C(=O)C(=O)N2Cc2ccccc2)c1. The third-order valence-corrected chi connectivity index (χ3v) is 6.55. The summed E-state index contributed by atoms with van der Waals surface area (Å²) in [6.07, 6.45) is 1.64. The summed E-state index contributed by atoms with van der Waals surface area (Å²) in [5.74, 6) is -0.0813. The lowest BCUT2D eigenvalue weighted by molar-refractivity contribution is -0.140. The molecule has 6 heteroatoms. The molecule has 0 aliphatic carbocycles. The summed E-state index contributed by atoms with van der Waals surface area (Å²) in [4.78, 5) is 28.2. The van der Waals surface area contributed by atoms with Crippen LogP contribution in [0.25, 0.3) is 5.76 Å². The first kappa shape index (κ1) is 23.7. The molecule has 2 aliphatic heterocycles. The lowest BCUT2D eigenvalue weighted by Gasteiger charge is -2.26. The van der Waals surface area contributed by atoms with Gasteiger partial charge in [-0.1, -0.05) is 49.4 Å². The smallest absolute Gasteiger partial charge is 0.295 e. The predicted molar refractivity (Wildman–Crippen MR) is 137 cm³/mol. The normalized spacial score (nSPS) is 20.3. The maximum atomic E-state index is 13.4. The van der Waals surface area contributed by atoms with E-state index in [9.17, 15) is 14.7 Å². The van der Waals surface area contributed by atoms with Crippen molar-refractivity contribution in [3.63, 3.8) is 0 Å². The van der Waals surface area contributed by atoms with E-state index < -0.39 is 17.7 Å². The molecule has 0 radical (unpaired) electrons. The fraction of sp³-hybridized carbons (Fsp3) is 0.267. The predicted octanol–water partition coefficient (Wildman–Crippen LogP) is 5.42. The lowest BCUT2D eigenvalue weighted by Crippen LogP contribution is -2.29. The van der Waals surface area contributed by atoms with Crippen LogP contribution in [-0.2, 0) is 22.6 Å². The summed E-state index contributed by atoms with van der Waals surface area (Å²) in [7, 11) is 0. The van der Waals surface area contributed by atoms with Gasteiger partial charge in [0.15, 0.2) is 0 Å². The van der Waals surface area contributed by atoms with Crippen LogP contribution in [-0.4, -0.2) is 34.4 Å². The highest BCUT2D eigenvalue weighted by atomic mass is 16.5. The zero-order chi connectivity index (χ0) is 25.2. The van der Waals surface area contributed by atoms with Gasteiger partial charge in [0.25, 0.3) is 11.7 Å². The first-order valence-electron chi connectivity index (χ1n) is 12.3. The number of Topliss-reactive ketones (excluding diaryl/α,β-unsaturated/α-hetero) is 1. The van der Waals surface area contributed by atoms with Gasteiger partial charge in [-0.05, 0) is 60.4 Å². The highest BCUT2D eigenvalue weighted by Crippen LogP contribution is 2.42. The number of fused-ring (bicyclic) bond motifs is 1. The highest BCUT2D eigenvalue weighted by Gasteiger charge is 2.46. The maximum Gasteiger partial charge on any atom is 0.295 e. The number of hydrogen-bond donors (Lipinski definition) is 1. The highest BCUT2D eigenvalue weighted by molar-refractivity contribution is 6.46. The van der Waals surface area contributed by atoms with Gasteiger partial charge in [-0.2, -0.15) is 0 Å². The first-order valence-corrected chi connectivity index (χ1v) is 12.3. The van der Waals surface area contributed by atoms with Crippen LogP contribution in [0.15, 0.2) is 78.4 Å². The Labute approximate surface area is 210 Å². The number of amides is 1. The van der Waals surface area contributed by atoms with Gasteiger partial charge < -0.3 is 19.5 Å². The fourth-order valence-electron chi connectivity index (χ4n) is 4.89. The zero-order valence-electron chi connectivity index (χ0n) is 20.4. The quantitative estimate of drug-likeness (QED) is 0.276. The van der Waals surface area contributed by atoms with Gasteiger partial charge >= 0.3 is 0 Å². The lowest BCUT2D eigenvalue weighted by atomic mass is 9.94. The Hall–Kier alpha value is -4.06. The molecule has 2 heterocycles. The van der Waals surface area contributed by atoms with E-state index in [1.165, 1.54) is 4.90 Å². The summed E-state index contributed by atoms with van der Waals surface area (Å²) in [6.45, 7) is 4.81. The Bertz CT molecular complexity index is 1330. The maximum absolute atomic E-state index is 13.4. The Balaban J connectivity index is 1.61. The second-order valence-electron chi connectivity index (χ2n) is 9.29. The molecule has 3 aromatic rings. The minimum Gasteiger partial charge on any atom is -0.507 e. The molecule has 6 nitrogen and oxygen atoms in total. The number of carbonyl (C=O) groups excluding carboxylic acids is 2. The van der Waals surface area contributed by atoms with Crippen LogP contribution in [0.5, 0.6) is 11.5 Å². The molecule has 0 aromatic heterocycles. The van der Waals surface area contributed by atoms with Gasteiger partial charge in [-0.3, -0.25) is 9.59 Å². The molecular formula is C30H29NO5. The van der Waals surface area contributed by atoms with E-state index in [1.54, 1.807) is 6.07 Å². The van der Waals surface area contributed by atoms with E-state index in [-0.39, 0.29) is 24.0 Å². The molecule has 1 fully saturated rings. The minimum atomic E-state index is -0.751. The molecule has 1 amide bonds. The van der Waals surface area contributed by atoms with E-state index in [4.69, 9.17) is 9.47 Å². The van der Waals surface area contributed by atoms with Crippen LogP contribution in [0.1, 0.15) is 48.6 Å². The standard InChI is InChI=1S/C30H29NO5/c1-3-14-35-24-11-7-10-21(17-24)27-26(28(32)22-12-13-25-23(16-22)15-19(2)36-25)29(33)30(34)31(27)18-20-8-5-4-6-9-20/h4-13,16-17,19,27,32H,3,14-15,18H2,1-2H3/t19-,27-/m1/s1. The van der Waals surface area contributed by atoms with Gasteiger partial charge in [0.05, 0.1) is 18.2 Å². The molecule has 1 saturated heterocycles. The Morgan fingerprint density at radius 2 is 1.86 bits per heavy atom. The van der Waals surface area contributed by atoms with Crippen molar-refractivity contribution < 1.29 is 24.2 Å². The van der Waals surface area contributed by atoms with Crippen LogP contribution in [0, 0.1) is 0 Å². The number of rotatable bonds is 7. The molecule has 1 N–H and O–H groups in total. The van der Waals surface area contributed by atoms with Crippen molar-refractivity contribution in [2.75, 3.05) is 6.61 Å². The number of likely N-dealkylation sites (tertiary alicyclic amines) is 1. The van der Waals surface area contributed by atoms with Crippen molar-refractivity contribution in [1.82, 2.24) is 4.90 Å². The molecule has 0 spiro atoms. The third kappa shape index (κ3) is 4.47. The zero-order valence-corrected chi connectivity index (χ0v) is 20.4. The minimum absolute atomic E-state index is 0.0553. The summed E-state index contributed by atoms with van der Waals surface area (Å²) in [5, 5.41) is 11.4. The second kappa shape index (κ2) is 9.90. The van der Waals surface area contributed by atoms with Crippen LogP contribution in [0.2, 0.25) is 0 Å². The molecular weight excluding hydrogens is 454 g/mol. The molecule has 0 bridgehead atoms. The average molecular weight is 484 g/mol. The van der Waals surface area contributed by atoms with Gasteiger partial charge in [-0.25, -0.2) is 0 Å². The summed E-state index contributed by atoms with van der Waals surface area (Å²) < 4.78 is 11.6. The number of benzene rings is 3. The van der Waals surface area contributed by atoms with E-state index in [0.717, 1.165) is 29.7 Å². The first-order chi connectivity index (χ1) is 17.5. The van der Waals surface area contributed by atoms with Crippen LogP contribution in [0.3, 0.4) is 0 Å². The van der Waals surface area contributed by atoms with E-state index in [1.807, 2.05) is 80.6 Å². The van der Waals surface area contributed by atoms with Crippen molar-refractivity contribution in [3.05, 3.63) is 101 Å². The number of ketones is 1. The number of hydrogen-bond acceptors (Lipinski definition) is 5. The molecule has 2 atom stereocenters. The number of ether oxygens (including phenoxy) is 2.